The van der Waals surface area contributed by atoms with Crippen molar-refractivity contribution in [2.24, 2.45) is 0 Å². The normalized spacial score (nSPS) is 21.2. The van der Waals surface area contributed by atoms with E-state index in [9.17, 15) is 14.4 Å². The van der Waals surface area contributed by atoms with Gasteiger partial charge in [-0.15, -0.1) is 0 Å². The smallest absolute Gasteiger partial charge is 0.255 e. The van der Waals surface area contributed by atoms with Gasteiger partial charge < -0.3 is 19.9 Å². The minimum Gasteiger partial charge on any atom is -0.374 e. The van der Waals surface area contributed by atoms with Gasteiger partial charge in [-0.1, -0.05) is 54.1 Å². The van der Waals surface area contributed by atoms with Crippen molar-refractivity contribution in [1.29, 1.82) is 0 Å². The molecule has 2 aromatic rings. The molecule has 2 aromatic carbocycles. The summed E-state index contributed by atoms with van der Waals surface area (Å²) < 4.78 is 5.65. The van der Waals surface area contributed by atoms with E-state index in [0.717, 1.165) is 5.56 Å². The maximum atomic E-state index is 12.9. The average Bonchev–Trinajstić information content (AvgIpc) is 2.77. The summed E-state index contributed by atoms with van der Waals surface area (Å²) in [6.45, 7) is 1.24. The van der Waals surface area contributed by atoms with E-state index in [4.69, 9.17) is 16.3 Å². The first-order valence-corrected chi connectivity index (χ1v) is 10.2. The van der Waals surface area contributed by atoms with Crippen LogP contribution in [0.3, 0.4) is 0 Å². The number of nitrogens with zero attached hydrogens (tertiary/aromatic N) is 2. The van der Waals surface area contributed by atoms with Crippen molar-refractivity contribution >= 4 is 29.3 Å². The molecule has 4 rings (SSSR count). The Kier molecular flexibility index (Phi) is 6.01. The quantitative estimate of drug-likeness (QED) is 0.787. The number of hydrogen-bond acceptors (Lipinski definition) is 4. The molecule has 2 aliphatic rings. The zero-order valence-electron chi connectivity index (χ0n) is 16.3. The van der Waals surface area contributed by atoms with Gasteiger partial charge in [0.25, 0.3) is 5.91 Å². The molecule has 2 fully saturated rings. The first-order chi connectivity index (χ1) is 14.5. The third kappa shape index (κ3) is 4.17. The third-order valence-corrected chi connectivity index (χ3v) is 5.70. The molecule has 0 aliphatic carbocycles. The Morgan fingerprint density at radius 2 is 1.80 bits per heavy atom. The van der Waals surface area contributed by atoms with Crippen LogP contribution in [0.15, 0.2) is 54.6 Å². The number of benzene rings is 2. The number of halogens is 1. The number of hydrogen-bond donors (Lipinski definition) is 1. The highest BCUT2D eigenvalue weighted by Gasteiger charge is 2.44. The molecule has 30 heavy (non-hydrogen) atoms. The fourth-order valence-corrected chi connectivity index (χ4v) is 3.99. The molecule has 0 saturated carbocycles. The van der Waals surface area contributed by atoms with E-state index in [2.05, 4.69) is 5.32 Å². The minimum absolute atomic E-state index is 0.102. The maximum absolute atomic E-state index is 12.9. The second-order valence-electron chi connectivity index (χ2n) is 7.34. The van der Waals surface area contributed by atoms with E-state index in [0.29, 0.717) is 30.3 Å². The van der Waals surface area contributed by atoms with Gasteiger partial charge in [0.2, 0.25) is 11.8 Å². The summed E-state index contributed by atoms with van der Waals surface area (Å²) in [7, 11) is 0. The van der Waals surface area contributed by atoms with Gasteiger partial charge in [0.05, 0.1) is 30.3 Å². The SMILES string of the molecule is O=C1N[C@@H](COCc2ccccc2)C(=O)N2CCN(C(=O)c3ccccc3Cl)C[C@H]12. The van der Waals surface area contributed by atoms with Gasteiger partial charge in [0, 0.05) is 13.1 Å². The van der Waals surface area contributed by atoms with Crippen molar-refractivity contribution in [2.75, 3.05) is 26.2 Å². The molecule has 0 unspecified atom stereocenters. The molecule has 7 nitrogen and oxygen atoms in total. The number of carbonyl (C=O) groups excluding carboxylic acids is 3. The summed E-state index contributed by atoms with van der Waals surface area (Å²) in [6.07, 6.45) is 0. The predicted molar refractivity (Wildman–Crippen MR) is 111 cm³/mol. The lowest BCUT2D eigenvalue weighted by atomic mass is 10.0. The molecule has 2 atom stereocenters. The Bertz CT molecular complexity index is 952. The molecule has 156 valence electrons. The molecular formula is C22H22ClN3O4. The summed E-state index contributed by atoms with van der Waals surface area (Å²) in [5.74, 6) is -0.703. The summed E-state index contributed by atoms with van der Waals surface area (Å²) in [4.78, 5) is 41.4. The van der Waals surface area contributed by atoms with Gasteiger partial charge >= 0.3 is 0 Å². The van der Waals surface area contributed by atoms with Crippen molar-refractivity contribution < 1.29 is 19.1 Å². The van der Waals surface area contributed by atoms with Crippen LogP contribution in [0.25, 0.3) is 0 Å². The maximum Gasteiger partial charge on any atom is 0.255 e. The van der Waals surface area contributed by atoms with Crippen LogP contribution in [0.4, 0.5) is 0 Å². The number of carbonyl (C=O) groups is 3. The van der Waals surface area contributed by atoms with Crippen molar-refractivity contribution in [3.63, 3.8) is 0 Å². The minimum atomic E-state index is -0.719. The highest BCUT2D eigenvalue weighted by Crippen LogP contribution is 2.21. The number of fused-ring (bicyclic) bond motifs is 1. The molecule has 0 bridgehead atoms. The lowest BCUT2D eigenvalue weighted by Crippen LogP contribution is -2.70. The van der Waals surface area contributed by atoms with E-state index < -0.39 is 12.1 Å². The van der Waals surface area contributed by atoms with Crippen molar-refractivity contribution in [3.05, 3.63) is 70.7 Å². The average molecular weight is 428 g/mol. The van der Waals surface area contributed by atoms with Crippen molar-refractivity contribution in [1.82, 2.24) is 15.1 Å². The van der Waals surface area contributed by atoms with E-state index in [1.54, 1.807) is 34.1 Å². The fourth-order valence-electron chi connectivity index (χ4n) is 3.77. The second-order valence-corrected chi connectivity index (χ2v) is 7.75. The molecule has 0 aromatic heterocycles. The summed E-state index contributed by atoms with van der Waals surface area (Å²) in [5.41, 5.74) is 1.39. The largest absolute Gasteiger partial charge is 0.374 e. The zero-order valence-corrected chi connectivity index (χ0v) is 17.0. The van der Waals surface area contributed by atoms with Gasteiger partial charge in [-0.2, -0.15) is 0 Å². The Morgan fingerprint density at radius 1 is 1.07 bits per heavy atom. The van der Waals surface area contributed by atoms with Crippen LogP contribution in [-0.4, -0.2) is 65.8 Å². The first kappa shape index (κ1) is 20.4. The fraction of sp³-hybridized carbons (Fsp3) is 0.318. The van der Waals surface area contributed by atoms with Crippen LogP contribution in [0.2, 0.25) is 5.02 Å². The Labute approximate surface area is 179 Å². The van der Waals surface area contributed by atoms with Gasteiger partial charge in [-0.05, 0) is 17.7 Å². The molecule has 0 radical (unpaired) electrons. The number of rotatable bonds is 5. The summed E-state index contributed by atoms with van der Waals surface area (Å²) in [5, 5.41) is 3.11. The Morgan fingerprint density at radius 3 is 2.57 bits per heavy atom. The molecule has 2 heterocycles. The van der Waals surface area contributed by atoms with Crippen molar-refractivity contribution in [2.45, 2.75) is 18.7 Å². The number of piperazine rings is 2. The second kappa shape index (κ2) is 8.85. The standard InChI is InChI=1S/C22H22ClN3O4/c23-17-9-5-4-8-16(17)21(28)25-10-11-26-19(12-25)20(27)24-18(22(26)29)14-30-13-15-6-2-1-3-7-15/h1-9,18-19H,10-14H2,(H,24,27)/t18-,19+/m0/s1. The monoisotopic (exact) mass is 427 g/mol. The molecule has 2 saturated heterocycles. The highest BCUT2D eigenvalue weighted by atomic mass is 35.5. The van der Waals surface area contributed by atoms with E-state index in [1.807, 2.05) is 30.3 Å². The molecule has 3 amide bonds. The zero-order chi connectivity index (χ0) is 21.1. The summed E-state index contributed by atoms with van der Waals surface area (Å²) in [6, 6.07) is 15.0. The Hall–Kier alpha value is -2.90. The van der Waals surface area contributed by atoms with Crippen LogP contribution >= 0.6 is 11.6 Å². The van der Waals surface area contributed by atoms with Gasteiger partial charge in [-0.3, -0.25) is 14.4 Å². The van der Waals surface area contributed by atoms with Crippen LogP contribution in [-0.2, 0) is 20.9 Å². The topological polar surface area (TPSA) is 79.0 Å². The third-order valence-electron chi connectivity index (χ3n) is 5.37. The van der Waals surface area contributed by atoms with E-state index >= 15 is 0 Å². The van der Waals surface area contributed by atoms with Gasteiger partial charge in [0.15, 0.2) is 0 Å². The van der Waals surface area contributed by atoms with Gasteiger partial charge in [0.1, 0.15) is 12.1 Å². The predicted octanol–water partition coefficient (Wildman–Crippen LogP) is 1.71. The van der Waals surface area contributed by atoms with Gasteiger partial charge in [-0.25, -0.2) is 0 Å². The first-order valence-electron chi connectivity index (χ1n) is 9.81. The molecule has 2 aliphatic heterocycles. The highest BCUT2D eigenvalue weighted by molar-refractivity contribution is 6.33. The lowest BCUT2D eigenvalue weighted by molar-refractivity contribution is -0.154. The number of nitrogens with one attached hydrogen (secondary N) is 1. The van der Waals surface area contributed by atoms with Crippen LogP contribution < -0.4 is 5.32 Å². The Balaban J connectivity index is 1.37. The molecule has 0 spiro atoms. The van der Waals surface area contributed by atoms with Crippen molar-refractivity contribution in [3.8, 4) is 0 Å². The molecule has 1 N–H and O–H groups in total. The molecular weight excluding hydrogens is 406 g/mol. The van der Waals surface area contributed by atoms with E-state index in [-0.39, 0.29) is 30.9 Å². The van der Waals surface area contributed by atoms with Crippen LogP contribution in [0.1, 0.15) is 15.9 Å². The van der Waals surface area contributed by atoms with Crippen LogP contribution in [0.5, 0.6) is 0 Å². The summed E-state index contributed by atoms with van der Waals surface area (Å²) >= 11 is 6.13. The number of amides is 3. The van der Waals surface area contributed by atoms with Crippen LogP contribution in [0, 0.1) is 0 Å². The number of ether oxygens (including phenoxy) is 1. The molecule has 8 heteroatoms. The van der Waals surface area contributed by atoms with E-state index in [1.165, 1.54) is 0 Å². The lowest BCUT2D eigenvalue weighted by Gasteiger charge is -2.45.